The number of methoxy groups -OCH3 is 1. The second kappa shape index (κ2) is 9.04. The summed E-state index contributed by atoms with van der Waals surface area (Å²) in [6.45, 7) is 1.28. The minimum atomic E-state index is -0.543. The highest BCUT2D eigenvalue weighted by Gasteiger charge is 2.53. The Morgan fingerprint density at radius 2 is 1.94 bits per heavy atom. The largest absolute Gasteiger partial charge is 0.494 e. The zero-order chi connectivity index (χ0) is 23.7. The lowest BCUT2D eigenvalue weighted by Gasteiger charge is -2.33. The van der Waals surface area contributed by atoms with Crippen LogP contribution in [0.1, 0.15) is 28.8 Å². The van der Waals surface area contributed by atoms with E-state index in [9.17, 15) is 9.59 Å². The Bertz CT molecular complexity index is 1250. The molecular formula is C25H23ClN4O4. The molecule has 1 saturated carbocycles. The van der Waals surface area contributed by atoms with Crippen LogP contribution in [0.5, 0.6) is 5.75 Å². The van der Waals surface area contributed by atoms with E-state index in [-0.39, 0.29) is 23.2 Å². The Labute approximate surface area is 201 Å². The summed E-state index contributed by atoms with van der Waals surface area (Å²) in [4.78, 5) is 36.4. The predicted molar refractivity (Wildman–Crippen MR) is 127 cm³/mol. The summed E-state index contributed by atoms with van der Waals surface area (Å²) in [5, 5.41) is 3.56. The van der Waals surface area contributed by atoms with Gasteiger partial charge in [-0.15, -0.1) is 0 Å². The van der Waals surface area contributed by atoms with Gasteiger partial charge in [0.1, 0.15) is 23.3 Å². The Morgan fingerprint density at radius 3 is 2.68 bits per heavy atom. The molecule has 8 nitrogen and oxygen atoms in total. The molecule has 0 unspecified atom stereocenters. The van der Waals surface area contributed by atoms with Gasteiger partial charge in [0.2, 0.25) is 5.91 Å². The number of amides is 1. The summed E-state index contributed by atoms with van der Waals surface area (Å²) in [6.07, 6.45) is 4.56. The second-order valence-electron chi connectivity index (χ2n) is 8.32. The fraction of sp³-hybridized carbons (Fsp3) is 0.280. The molecule has 3 aromatic rings. The normalized spacial score (nSPS) is 16.4. The third kappa shape index (κ3) is 4.22. The third-order valence-corrected chi connectivity index (χ3v) is 6.35. The van der Waals surface area contributed by atoms with Crippen LogP contribution in [0.3, 0.4) is 0 Å². The monoisotopic (exact) mass is 478 g/mol. The molecule has 1 saturated heterocycles. The maximum atomic E-state index is 13.1. The van der Waals surface area contributed by atoms with Crippen LogP contribution in [0.4, 0.5) is 5.82 Å². The highest BCUT2D eigenvalue weighted by Crippen LogP contribution is 2.41. The number of hydrogen-bond acceptors (Lipinski definition) is 7. The first-order valence-corrected chi connectivity index (χ1v) is 11.4. The van der Waals surface area contributed by atoms with E-state index in [2.05, 4.69) is 15.3 Å². The van der Waals surface area contributed by atoms with Crippen LogP contribution >= 0.6 is 11.6 Å². The quantitative estimate of drug-likeness (QED) is 0.427. The Morgan fingerprint density at radius 1 is 1.15 bits per heavy atom. The van der Waals surface area contributed by atoms with Crippen LogP contribution in [0.25, 0.3) is 11.1 Å². The smallest absolute Gasteiger partial charge is 0.340 e. The molecule has 3 heterocycles. The van der Waals surface area contributed by atoms with Crippen molar-refractivity contribution in [3.05, 3.63) is 71.1 Å². The zero-order valence-electron chi connectivity index (χ0n) is 18.6. The molecule has 1 N–H and O–H groups in total. The number of benzene rings is 1. The number of hydrogen-bond donors (Lipinski definition) is 1. The molecule has 1 aliphatic carbocycles. The lowest BCUT2D eigenvalue weighted by Crippen LogP contribution is -2.57. The van der Waals surface area contributed by atoms with Gasteiger partial charge in [-0.25, -0.2) is 14.8 Å². The SMILES string of the molecule is COc1cnc(Cl)cc1-c1cc(N2CCNC3(CC3)C2=O)ncc1C(=O)OCc1ccccc1. The lowest BCUT2D eigenvalue weighted by molar-refractivity contribution is -0.122. The van der Waals surface area contributed by atoms with Crippen molar-refractivity contribution in [3.63, 3.8) is 0 Å². The van der Waals surface area contributed by atoms with Gasteiger partial charge < -0.3 is 14.8 Å². The maximum absolute atomic E-state index is 13.1. The molecule has 2 fully saturated rings. The molecule has 9 heteroatoms. The van der Waals surface area contributed by atoms with Gasteiger partial charge in [0.25, 0.3) is 0 Å². The summed E-state index contributed by atoms with van der Waals surface area (Å²) in [6, 6.07) is 12.8. The predicted octanol–water partition coefficient (Wildman–Crippen LogP) is 3.63. The standard InChI is InChI=1S/C25H23ClN4O4/c1-33-20-14-27-21(26)11-18(20)17-12-22(30-10-9-29-25(7-8-25)24(30)32)28-13-19(17)23(31)34-15-16-5-3-2-4-6-16/h2-6,11-14,29H,7-10,15H2,1H3. The zero-order valence-corrected chi connectivity index (χ0v) is 19.3. The van der Waals surface area contributed by atoms with Crippen LogP contribution < -0.4 is 15.0 Å². The van der Waals surface area contributed by atoms with Crippen molar-refractivity contribution < 1.29 is 19.1 Å². The Kier molecular flexibility index (Phi) is 5.93. The van der Waals surface area contributed by atoms with Crippen molar-refractivity contribution in [2.24, 2.45) is 0 Å². The van der Waals surface area contributed by atoms with E-state index in [0.29, 0.717) is 35.8 Å². The Hall–Kier alpha value is -3.49. The van der Waals surface area contributed by atoms with Gasteiger partial charge >= 0.3 is 5.97 Å². The number of carbonyl (C=O) groups excluding carboxylic acids is 2. The number of carbonyl (C=O) groups is 2. The number of rotatable bonds is 6. The number of halogens is 1. The first-order valence-electron chi connectivity index (χ1n) is 11.0. The first-order chi connectivity index (χ1) is 16.5. The average Bonchev–Trinajstić information content (AvgIpc) is 3.65. The minimum Gasteiger partial charge on any atom is -0.494 e. The molecule has 1 spiro atoms. The molecule has 5 rings (SSSR count). The molecule has 34 heavy (non-hydrogen) atoms. The van der Waals surface area contributed by atoms with Crippen LogP contribution in [0, 0.1) is 0 Å². The molecule has 0 atom stereocenters. The van der Waals surface area contributed by atoms with Gasteiger partial charge in [-0.05, 0) is 30.5 Å². The van der Waals surface area contributed by atoms with Gasteiger partial charge in [-0.3, -0.25) is 9.69 Å². The number of nitrogens with zero attached hydrogens (tertiary/aromatic N) is 3. The molecule has 1 aromatic carbocycles. The van der Waals surface area contributed by atoms with Crippen molar-refractivity contribution >= 4 is 29.3 Å². The molecular weight excluding hydrogens is 456 g/mol. The van der Waals surface area contributed by atoms with E-state index < -0.39 is 11.5 Å². The van der Waals surface area contributed by atoms with E-state index in [0.717, 1.165) is 18.4 Å². The van der Waals surface area contributed by atoms with E-state index in [4.69, 9.17) is 21.1 Å². The highest BCUT2D eigenvalue weighted by molar-refractivity contribution is 6.29. The molecule has 1 amide bonds. The van der Waals surface area contributed by atoms with Crippen molar-refractivity contribution in [2.75, 3.05) is 25.1 Å². The molecule has 1 aliphatic heterocycles. The van der Waals surface area contributed by atoms with E-state index in [1.807, 2.05) is 30.3 Å². The molecule has 174 valence electrons. The van der Waals surface area contributed by atoms with Gasteiger partial charge in [0.05, 0.1) is 24.4 Å². The summed E-state index contributed by atoms with van der Waals surface area (Å²) >= 11 is 6.18. The van der Waals surface area contributed by atoms with Crippen LogP contribution in [-0.2, 0) is 16.1 Å². The lowest BCUT2D eigenvalue weighted by atomic mass is 10.0. The van der Waals surface area contributed by atoms with Crippen molar-refractivity contribution in [1.82, 2.24) is 15.3 Å². The topological polar surface area (TPSA) is 93.6 Å². The maximum Gasteiger partial charge on any atom is 0.340 e. The summed E-state index contributed by atoms with van der Waals surface area (Å²) in [5.41, 5.74) is 1.68. The van der Waals surface area contributed by atoms with E-state index >= 15 is 0 Å². The molecule has 0 radical (unpaired) electrons. The number of anilines is 1. The number of pyridine rings is 2. The van der Waals surface area contributed by atoms with Crippen LogP contribution in [0.2, 0.25) is 5.15 Å². The van der Waals surface area contributed by atoms with Crippen molar-refractivity contribution in [3.8, 4) is 16.9 Å². The number of esters is 1. The van der Waals surface area contributed by atoms with Gasteiger partial charge in [0, 0.05) is 30.4 Å². The fourth-order valence-corrected chi connectivity index (χ4v) is 4.30. The highest BCUT2D eigenvalue weighted by atomic mass is 35.5. The minimum absolute atomic E-state index is 0.00340. The average molecular weight is 479 g/mol. The molecule has 0 bridgehead atoms. The van der Waals surface area contributed by atoms with Gasteiger partial charge in [-0.1, -0.05) is 41.9 Å². The van der Waals surface area contributed by atoms with Gasteiger partial charge in [-0.2, -0.15) is 0 Å². The van der Waals surface area contributed by atoms with Crippen molar-refractivity contribution in [2.45, 2.75) is 25.0 Å². The van der Waals surface area contributed by atoms with E-state index in [1.54, 1.807) is 17.0 Å². The summed E-state index contributed by atoms with van der Waals surface area (Å²) in [5.74, 6) is 0.348. The first kappa shape index (κ1) is 22.3. The van der Waals surface area contributed by atoms with Gasteiger partial charge in [0.15, 0.2) is 0 Å². The van der Waals surface area contributed by atoms with Crippen LogP contribution in [0.15, 0.2) is 54.9 Å². The van der Waals surface area contributed by atoms with E-state index in [1.165, 1.54) is 19.5 Å². The Balaban J connectivity index is 1.54. The number of nitrogens with one attached hydrogen (secondary N) is 1. The number of aromatic nitrogens is 2. The van der Waals surface area contributed by atoms with Crippen molar-refractivity contribution in [1.29, 1.82) is 0 Å². The fourth-order valence-electron chi connectivity index (χ4n) is 4.15. The summed E-state index contributed by atoms with van der Waals surface area (Å²) < 4.78 is 11.1. The number of piperazine rings is 1. The second-order valence-corrected chi connectivity index (χ2v) is 8.71. The number of ether oxygens (including phenoxy) is 2. The third-order valence-electron chi connectivity index (χ3n) is 6.15. The molecule has 2 aromatic heterocycles. The van der Waals surface area contributed by atoms with Crippen LogP contribution in [-0.4, -0.2) is 47.6 Å². The molecule has 2 aliphatic rings. The summed E-state index contributed by atoms with van der Waals surface area (Å²) in [7, 11) is 1.51.